The third-order valence-corrected chi connectivity index (χ3v) is 2.12. The van der Waals surface area contributed by atoms with Gasteiger partial charge in [0.1, 0.15) is 5.75 Å². The largest absolute Gasteiger partial charge is 0.507 e. The molecule has 0 spiro atoms. The Kier molecular flexibility index (Phi) is 2.70. The number of halogens is 1. The lowest BCUT2D eigenvalue weighted by Gasteiger charge is -2.05. The van der Waals surface area contributed by atoms with Gasteiger partial charge < -0.3 is 10.4 Å². The fourth-order valence-electron chi connectivity index (χ4n) is 0.806. The van der Waals surface area contributed by atoms with Crippen LogP contribution in [0.2, 0.25) is 0 Å². The standard InChI is InChI=1S/C8H8BrNO2/c1-5(11)10-6-3-2-4-7(12)8(6)9/h2-4,12H,1H3,(H,10,11). The first-order chi connectivity index (χ1) is 5.61. The number of amides is 1. The normalized spacial score (nSPS) is 9.50. The second-order valence-electron chi connectivity index (χ2n) is 2.32. The van der Waals surface area contributed by atoms with Gasteiger partial charge in [-0.3, -0.25) is 4.79 Å². The van der Waals surface area contributed by atoms with Crippen molar-refractivity contribution in [2.45, 2.75) is 6.92 Å². The summed E-state index contributed by atoms with van der Waals surface area (Å²) in [5.41, 5.74) is 0.572. The van der Waals surface area contributed by atoms with E-state index in [9.17, 15) is 9.90 Å². The van der Waals surface area contributed by atoms with E-state index in [0.717, 1.165) is 0 Å². The number of hydrogen-bond donors (Lipinski definition) is 2. The number of phenolic OH excluding ortho intramolecular Hbond substituents is 1. The number of phenols is 1. The summed E-state index contributed by atoms with van der Waals surface area (Å²) in [5, 5.41) is 11.8. The van der Waals surface area contributed by atoms with Gasteiger partial charge >= 0.3 is 0 Å². The van der Waals surface area contributed by atoms with Crippen molar-refractivity contribution in [3.05, 3.63) is 22.7 Å². The Bertz CT molecular complexity index is 312. The molecule has 0 unspecified atom stereocenters. The van der Waals surface area contributed by atoms with Crippen LogP contribution in [0.1, 0.15) is 6.92 Å². The molecular weight excluding hydrogens is 222 g/mol. The molecule has 0 atom stereocenters. The van der Waals surface area contributed by atoms with Gasteiger partial charge in [-0.25, -0.2) is 0 Å². The molecule has 0 bridgehead atoms. The van der Waals surface area contributed by atoms with Gasteiger partial charge in [-0.2, -0.15) is 0 Å². The Labute approximate surface area is 78.5 Å². The van der Waals surface area contributed by atoms with Gasteiger partial charge in [-0.1, -0.05) is 6.07 Å². The van der Waals surface area contributed by atoms with Crippen LogP contribution in [-0.4, -0.2) is 11.0 Å². The zero-order valence-electron chi connectivity index (χ0n) is 6.47. The molecule has 0 saturated carbocycles. The minimum Gasteiger partial charge on any atom is -0.507 e. The van der Waals surface area contributed by atoms with E-state index < -0.39 is 0 Å². The molecule has 1 aromatic carbocycles. The summed E-state index contributed by atoms with van der Waals surface area (Å²) in [5.74, 6) is -0.0532. The van der Waals surface area contributed by atoms with E-state index in [2.05, 4.69) is 21.2 Å². The second kappa shape index (κ2) is 3.58. The molecule has 0 heterocycles. The number of carbonyl (C=O) groups excluding carboxylic acids is 1. The molecule has 0 aliphatic rings. The van der Waals surface area contributed by atoms with Gasteiger partial charge in [0.05, 0.1) is 10.2 Å². The van der Waals surface area contributed by atoms with Crippen LogP contribution in [-0.2, 0) is 4.79 Å². The fraction of sp³-hybridized carbons (Fsp3) is 0.125. The first kappa shape index (κ1) is 9.06. The predicted octanol–water partition coefficient (Wildman–Crippen LogP) is 2.11. The fourth-order valence-corrected chi connectivity index (χ4v) is 1.17. The zero-order valence-corrected chi connectivity index (χ0v) is 8.05. The highest BCUT2D eigenvalue weighted by Gasteiger charge is 2.04. The molecule has 0 aromatic heterocycles. The van der Waals surface area contributed by atoms with Gasteiger partial charge in [0.15, 0.2) is 0 Å². The van der Waals surface area contributed by atoms with Crippen molar-refractivity contribution in [2.75, 3.05) is 5.32 Å². The summed E-state index contributed by atoms with van der Waals surface area (Å²) < 4.78 is 0.500. The molecule has 64 valence electrons. The van der Waals surface area contributed by atoms with Crippen LogP contribution in [0.5, 0.6) is 5.75 Å². The van der Waals surface area contributed by atoms with E-state index in [0.29, 0.717) is 10.2 Å². The van der Waals surface area contributed by atoms with Crippen LogP contribution in [0.25, 0.3) is 0 Å². The first-order valence-electron chi connectivity index (χ1n) is 3.36. The van der Waals surface area contributed by atoms with Crippen LogP contribution >= 0.6 is 15.9 Å². The number of carbonyl (C=O) groups is 1. The molecule has 0 saturated heterocycles. The maximum absolute atomic E-state index is 10.7. The summed E-state index contributed by atoms with van der Waals surface area (Å²) in [6.07, 6.45) is 0. The Hall–Kier alpha value is -1.03. The van der Waals surface area contributed by atoms with Crippen molar-refractivity contribution < 1.29 is 9.90 Å². The summed E-state index contributed by atoms with van der Waals surface area (Å²) in [6, 6.07) is 4.89. The molecule has 12 heavy (non-hydrogen) atoms. The topological polar surface area (TPSA) is 49.3 Å². The Morgan fingerprint density at radius 1 is 1.58 bits per heavy atom. The highest BCUT2D eigenvalue weighted by atomic mass is 79.9. The first-order valence-corrected chi connectivity index (χ1v) is 4.15. The highest BCUT2D eigenvalue weighted by Crippen LogP contribution is 2.30. The van der Waals surface area contributed by atoms with Crippen molar-refractivity contribution in [3.8, 4) is 5.75 Å². The van der Waals surface area contributed by atoms with Gasteiger partial charge in [-0.15, -0.1) is 0 Å². The molecule has 1 aromatic rings. The molecule has 1 amide bonds. The minimum atomic E-state index is -0.165. The van der Waals surface area contributed by atoms with E-state index >= 15 is 0 Å². The SMILES string of the molecule is CC(=O)Nc1cccc(O)c1Br. The van der Waals surface area contributed by atoms with Crippen LogP contribution in [0.3, 0.4) is 0 Å². The third-order valence-electron chi connectivity index (χ3n) is 1.29. The number of nitrogens with one attached hydrogen (secondary N) is 1. The Morgan fingerprint density at radius 3 is 2.83 bits per heavy atom. The third kappa shape index (κ3) is 1.98. The summed E-state index contributed by atoms with van der Waals surface area (Å²) in [4.78, 5) is 10.7. The molecule has 3 nitrogen and oxygen atoms in total. The van der Waals surface area contributed by atoms with Gasteiger partial charge in [-0.05, 0) is 28.1 Å². The van der Waals surface area contributed by atoms with E-state index in [1.807, 2.05) is 0 Å². The number of aromatic hydroxyl groups is 1. The molecule has 0 radical (unpaired) electrons. The van der Waals surface area contributed by atoms with Crippen molar-refractivity contribution in [1.29, 1.82) is 0 Å². The lowest BCUT2D eigenvalue weighted by atomic mass is 10.3. The molecule has 2 N–H and O–H groups in total. The highest BCUT2D eigenvalue weighted by molar-refractivity contribution is 9.10. The molecule has 0 aliphatic heterocycles. The van der Waals surface area contributed by atoms with Crippen molar-refractivity contribution in [1.82, 2.24) is 0 Å². The molecule has 0 aliphatic carbocycles. The van der Waals surface area contributed by atoms with Crippen LogP contribution in [0.4, 0.5) is 5.69 Å². The number of hydrogen-bond acceptors (Lipinski definition) is 2. The molecule has 0 fully saturated rings. The van der Waals surface area contributed by atoms with Gasteiger partial charge in [0, 0.05) is 6.92 Å². The molecule has 1 rings (SSSR count). The maximum atomic E-state index is 10.7. The van der Waals surface area contributed by atoms with Crippen molar-refractivity contribution >= 4 is 27.5 Å². The number of benzene rings is 1. The van der Waals surface area contributed by atoms with E-state index in [1.165, 1.54) is 13.0 Å². The summed E-state index contributed by atoms with van der Waals surface area (Å²) >= 11 is 3.14. The molecular formula is C8H8BrNO2. The predicted molar refractivity (Wildman–Crippen MR) is 50.1 cm³/mol. The Morgan fingerprint density at radius 2 is 2.25 bits per heavy atom. The summed E-state index contributed by atoms with van der Waals surface area (Å²) in [6.45, 7) is 1.41. The summed E-state index contributed by atoms with van der Waals surface area (Å²) in [7, 11) is 0. The van der Waals surface area contributed by atoms with E-state index in [1.54, 1.807) is 12.1 Å². The van der Waals surface area contributed by atoms with Gasteiger partial charge in [0.25, 0.3) is 0 Å². The van der Waals surface area contributed by atoms with Crippen LogP contribution in [0.15, 0.2) is 22.7 Å². The van der Waals surface area contributed by atoms with Crippen LogP contribution < -0.4 is 5.32 Å². The second-order valence-corrected chi connectivity index (χ2v) is 3.11. The molecule has 4 heteroatoms. The van der Waals surface area contributed by atoms with Crippen molar-refractivity contribution in [3.63, 3.8) is 0 Å². The lowest BCUT2D eigenvalue weighted by Crippen LogP contribution is -2.05. The monoisotopic (exact) mass is 229 g/mol. The van der Waals surface area contributed by atoms with E-state index in [4.69, 9.17) is 0 Å². The zero-order chi connectivity index (χ0) is 9.14. The Balaban J connectivity index is 3.00. The maximum Gasteiger partial charge on any atom is 0.221 e. The number of rotatable bonds is 1. The van der Waals surface area contributed by atoms with Crippen LogP contribution in [0, 0.1) is 0 Å². The lowest BCUT2D eigenvalue weighted by molar-refractivity contribution is -0.114. The smallest absolute Gasteiger partial charge is 0.221 e. The quantitative estimate of drug-likeness (QED) is 0.776. The van der Waals surface area contributed by atoms with Crippen molar-refractivity contribution in [2.24, 2.45) is 0 Å². The average Bonchev–Trinajstić information content (AvgIpc) is 1.98. The van der Waals surface area contributed by atoms with E-state index in [-0.39, 0.29) is 11.7 Å². The minimum absolute atomic E-state index is 0.112. The number of anilines is 1. The average molecular weight is 230 g/mol. The van der Waals surface area contributed by atoms with Gasteiger partial charge in [0.2, 0.25) is 5.91 Å².